The van der Waals surface area contributed by atoms with Crippen LogP contribution >= 0.6 is 0 Å². The topological polar surface area (TPSA) is 84.2 Å². The van der Waals surface area contributed by atoms with E-state index >= 15 is 0 Å². The van der Waals surface area contributed by atoms with Crippen LogP contribution in [0.5, 0.6) is 0 Å². The van der Waals surface area contributed by atoms with Gasteiger partial charge in [-0.1, -0.05) is 12.8 Å². The first-order valence-electron chi connectivity index (χ1n) is 7.13. The molecule has 0 radical (unpaired) electrons. The van der Waals surface area contributed by atoms with E-state index in [4.69, 9.17) is 5.11 Å². The standard InChI is InChI=1S/C13H23N3O3S/c1-10-13(11(2)16(14-10)8-5-9-17)20(18,19)15-12-6-3-4-7-12/h12,15,17H,3-9H2,1-2H3. The minimum absolute atomic E-state index is 0.0552. The van der Waals surface area contributed by atoms with Gasteiger partial charge >= 0.3 is 0 Å². The summed E-state index contributed by atoms with van der Waals surface area (Å²) < 4.78 is 29.5. The van der Waals surface area contributed by atoms with Crippen molar-refractivity contribution >= 4 is 10.0 Å². The molecule has 1 heterocycles. The van der Waals surface area contributed by atoms with Gasteiger partial charge in [0.1, 0.15) is 4.90 Å². The van der Waals surface area contributed by atoms with E-state index in [0.717, 1.165) is 25.7 Å². The van der Waals surface area contributed by atoms with E-state index < -0.39 is 10.0 Å². The number of aryl methyl sites for hydroxylation is 2. The highest BCUT2D eigenvalue weighted by Gasteiger charge is 2.28. The van der Waals surface area contributed by atoms with Crippen LogP contribution in [0.2, 0.25) is 0 Å². The number of hydrogen-bond acceptors (Lipinski definition) is 4. The molecule has 0 amide bonds. The Labute approximate surface area is 120 Å². The van der Waals surface area contributed by atoms with Gasteiger partial charge in [-0.25, -0.2) is 13.1 Å². The first-order valence-corrected chi connectivity index (χ1v) is 8.61. The van der Waals surface area contributed by atoms with Crippen LogP contribution in [0.25, 0.3) is 0 Å². The molecule has 20 heavy (non-hydrogen) atoms. The maximum absolute atomic E-state index is 12.5. The molecular formula is C13H23N3O3S. The Balaban J connectivity index is 2.24. The molecule has 1 saturated carbocycles. The smallest absolute Gasteiger partial charge is 0.244 e. The largest absolute Gasteiger partial charge is 0.396 e. The Kier molecular flexibility index (Phi) is 4.82. The van der Waals surface area contributed by atoms with Crippen LogP contribution in [0.3, 0.4) is 0 Å². The van der Waals surface area contributed by atoms with Gasteiger partial charge in [-0.3, -0.25) is 4.68 Å². The van der Waals surface area contributed by atoms with Crippen LogP contribution in [-0.2, 0) is 16.6 Å². The number of aliphatic hydroxyl groups excluding tert-OH is 1. The normalized spacial score (nSPS) is 16.9. The Morgan fingerprint density at radius 1 is 1.35 bits per heavy atom. The second-order valence-corrected chi connectivity index (χ2v) is 7.05. The van der Waals surface area contributed by atoms with Gasteiger partial charge in [0, 0.05) is 19.2 Å². The number of aromatic nitrogens is 2. The molecule has 2 rings (SSSR count). The fourth-order valence-electron chi connectivity index (χ4n) is 2.83. The van der Waals surface area contributed by atoms with E-state index in [2.05, 4.69) is 9.82 Å². The molecule has 0 unspecified atom stereocenters. The average Bonchev–Trinajstić information content (AvgIpc) is 2.94. The van der Waals surface area contributed by atoms with Crippen molar-refractivity contribution in [1.82, 2.24) is 14.5 Å². The first-order chi connectivity index (χ1) is 9.45. The van der Waals surface area contributed by atoms with Crippen molar-refractivity contribution in [1.29, 1.82) is 0 Å². The summed E-state index contributed by atoms with van der Waals surface area (Å²) in [6, 6.07) is 0.0552. The van der Waals surface area contributed by atoms with Gasteiger partial charge in [0.25, 0.3) is 0 Å². The van der Waals surface area contributed by atoms with E-state index in [1.807, 2.05) is 0 Å². The lowest BCUT2D eigenvalue weighted by molar-refractivity contribution is 0.276. The highest BCUT2D eigenvalue weighted by molar-refractivity contribution is 7.89. The zero-order chi connectivity index (χ0) is 14.8. The van der Waals surface area contributed by atoms with E-state index in [0.29, 0.717) is 29.2 Å². The molecular weight excluding hydrogens is 278 g/mol. The van der Waals surface area contributed by atoms with Crippen LogP contribution in [-0.4, -0.2) is 36.0 Å². The van der Waals surface area contributed by atoms with Gasteiger partial charge < -0.3 is 5.11 Å². The van der Waals surface area contributed by atoms with Crippen molar-refractivity contribution in [3.8, 4) is 0 Å². The van der Waals surface area contributed by atoms with Gasteiger partial charge in [0.2, 0.25) is 10.0 Å². The molecule has 0 spiro atoms. The average molecular weight is 301 g/mol. The summed E-state index contributed by atoms with van der Waals surface area (Å²) in [4.78, 5) is 0.294. The molecule has 0 bridgehead atoms. The van der Waals surface area contributed by atoms with Crippen LogP contribution in [0, 0.1) is 13.8 Å². The summed E-state index contributed by atoms with van der Waals surface area (Å²) in [5.41, 5.74) is 1.16. The van der Waals surface area contributed by atoms with E-state index in [1.54, 1.807) is 18.5 Å². The zero-order valence-electron chi connectivity index (χ0n) is 12.1. The monoisotopic (exact) mass is 301 g/mol. The molecule has 1 fully saturated rings. The van der Waals surface area contributed by atoms with Crippen LogP contribution in [0.15, 0.2) is 4.90 Å². The predicted octanol–water partition coefficient (Wildman–Crippen LogP) is 1.10. The lowest BCUT2D eigenvalue weighted by Crippen LogP contribution is -2.33. The summed E-state index contributed by atoms with van der Waals surface area (Å²) in [5, 5.41) is 13.1. The van der Waals surface area contributed by atoms with Crippen LogP contribution < -0.4 is 4.72 Å². The minimum Gasteiger partial charge on any atom is -0.396 e. The zero-order valence-corrected chi connectivity index (χ0v) is 12.9. The summed E-state index contributed by atoms with van der Waals surface area (Å²) in [6.45, 7) is 4.08. The van der Waals surface area contributed by atoms with E-state index in [1.165, 1.54) is 0 Å². The van der Waals surface area contributed by atoms with Crippen molar-refractivity contribution in [2.45, 2.75) is 63.4 Å². The van der Waals surface area contributed by atoms with Gasteiger partial charge in [0.15, 0.2) is 0 Å². The highest BCUT2D eigenvalue weighted by Crippen LogP contribution is 2.23. The van der Waals surface area contributed by atoms with Crippen molar-refractivity contribution in [2.24, 2.45) is 0 Å². The third kappa shape index (κ3) is 3.21. The number of nitrogens with zero attached hydrogens (tertiary/aromatic N) is 2. The molecule has 1 aliphatic rings. The molecule has 0 atom stereocenters. The number of aliphatic hydroxyl groups is 1. The third-order valence-corrected chi connectivity index (χ3v) is 5.56. The number of nitrogens with one attached hydrogen (secondary N) is 1. The molecule has 0 aliphatic heterocycles. The summed E-state index contributed by atoms with van der Waals surface area (Å²) >= 11 is 0. The first kappa shape index (κ1) is 15.5. The van der Waals surface area contributed by atoms with Gasteiger partial charge in [-0.15, -0.1) is 0 Å². The summed E-state index contributed by atoms with van der Waals surface area (Å²) in [5.74, 6) is 0. The van der Waals surface area contributed by atoms with Crippen molar-refractivity contribution < 1.29 is 13.5 Å². The maximum Gasteiger partial charge on any atom is 0.244 e. The molecule has 0 saturated heterocycles. The molecule has 1 aromatic rings. The molecule has 6 nitrogen and oxygen atoms in total. The quantitative estimate of drug-likeness (QED) is 0.824. The summed E-state index contributed by atoms with van der Waals surface area (Å²) in [7, 11) is -3.51. The minimum atomic E-state index is -3.51. The van der Waals surface area contributed by atoms with Crippen LogP contribution in [0.4, 0.5) is 0 Å². The fraction of sp³-hybridized carbons (Fsp3) is 0.769. The van der Waals surface area contributed by atoms with E-state index in [9.17, 15) is 8.42 Å². The van der Waals surface area contributed by atoms with Crippen molar-refractivity contribution in [3.05, 3.63) is 11.4 Å². The molecule has 7 heteroatoms. The van der Waals surface area contributed by atoms with Crippen molar-refractivity contribution in [2.75, 3.05) is 6.61 Å². The number of rotatable bonds is 6. The molecule has 1 aromatic heterocycles. The SMILES string of the molecule is Cc1nn(CCCO)c(C)c1S(=O)(=O)NC1CCCC1. The third-order valence-electron chi connectivity index (χ3n) is 3.79. The highest BCUT2D eigenvalue weighted by atomic mass is 32.2. The molecule has 1 aliphatic carbocycles. The van der Waals surface area contributed by atoms with Gasteiger partial charge in [-0.2, -0.15) is 5.10 Å². The Morgan fingerprint density at radius 2 is 2.00 bits per heavy atom. The molecule has 2 N–H and O–H groups in total. The Morgan fingerprint density at radius 3 is 2.60 bits per heavy atom. The van der Waals surface area contributed by atoms with E-state index in [-0.39, 0.29) is 12.6 Å². The fourth-order valence-corrected chi connectivity index (χ4v) is 4.55. The summed E-state index contributed by atoms with van der Waals surface area (Å²) in [6.07, 6.45) is 4.56. The Bertz CT molecular complexity index is 560. The van der Waals surface area contributed by atoms with Gasteiger partial charge in [0.05, 0.1) is 11.4 Å². The molecule has 0 aromatic carbocycles. The second kappa shape index (κ2) is 6.24. The number of hydrogen-bond donors (Lipinski definition) is 2. The number of sulfonamides is 1. The van der Waals surface area contributed by atoms with Crippen LogP contribution in [0.1, 0.15) is 43.5 Å². The Hall–Kier alpha value is -0.920. The lowest BCUT2D eigenvalue weighted by Gasteiger charge is -2.12. The van der Waals surface area contributed by atoms with Gasteiger partial charge in [-0.05, 0) is 33.1 Å². The predicted molar refractivity (Wildman–Crippen MR) is 76.0 cm³/mol. The maximum atomic E-state index is 12.5. The van der Waals surface area contributed by atoms with Crippen molar-refractivity contribution in [3.63, 3.8) is 0 Å². The molecule has 114 valence electrons. The lowest BCUT2D eigenvalue weighted by atomic mass is 10.3. The second-order valence-electron chi connectivity index (χ2n) is 5.40.